The number of hydrogen-bond acceptors (Lipinski definition) is 5. The molecule has 8 heteroatoms. The van der Waals surface area contributed by atoms with E-state index in [1.165, 1.54) is 20.3 Å². The van der Waals surface area contributed by atoms with Crippen molar-refractivity contribution in [3.05, 3.63) is 53.6 Å². The molecule has 3 amide bonds. The van der Waals surface area contributed by atoms with Crippen molar-refractivity contribution in [3.63, 3.8) is 0 Å². The first kappa shape index (κ1) is 19.2. The number of nitrogens with one attached hydrogen (secondary N) is 2. The molecule has 1 saturated heterocycles. The summed E-state index contributed by atoms with van der Waals surface area (Å²) in [5.41, 5.74) is 6.05. The molecule has 0 unspecified atom stereocenters. The molecule has 28 heavy (non-hydrogen) atoms. The first-order chi connectivity index (χ1) is 13.5. The summed E-state index contributed by atoms with van der Waals surface area (Å²) in [5, 5.41) is 0. The molecule has 2 aromatic rings. The molecule has 1 aliphatic rings. The molecule has 1 fully saturated rings. The highest BCUT2D eigenvalue weighted by atomic mass is 16.5. The highest BCUT2D eigenvalue weighted by Crippen LogP contribution is 2.27. The van der Waals surface area contributed by atoms with Crippen LogP contribution in [0.2, 0.25) is 0 Å². The topological polar surface area (TPSA) is 97.0 Å². The molecule has 3 rings (SSSR count). The van der Waals surface area contributed by atoms with Crippen LogP contribution in [0, 0.1) is 0 Å². The SMILES string of the molecule is COc1ccc(C(=O)NNC(=O)c2cccc(N3CCCC3=O)c2)cc1OC. The van der Waals surface area contributed by atoms with Crippen molar-refractivity contribution >= 4 is 23.4 Å². The Morgan fingerprint density at radius 2 is 1.61 bits per heavy atom. The summed E-state index contributed by atoms with van der Waals surface area (Å²) >= 11 is 0. The fourth-order valence-corrected chi connectivity index (χ4v) is 2.97. The van der Waals surface area contributed by atoms with Crippen LogP contribution in [0.5, 0.6) is 11.5 Å². The molecule has 1 aliphatic heterocycles. The minimum absolute atomic E-state index is 0.0410. The number of hydrogen-bond donors (Lipinski definition) is 2. The molecule has 8 nitrogen and oxygen atoms in total. The summed E-state index contributed by atoms with van der Waals surface area (Å²) < 4.78 is 10.3. The van der Waals surface area contributed by atoms with Crippen LogP contribution >= 0.6 is 0 Å². The van der Waals surface area contributed by atoms with Crippen LogP contribution in [0.1, 0.15) is 33.6 Å². The van der Waals surface area contributed by atoms with Crippen molar-refractivity contribution in [1.29, 1.82) is 0 Å². The van der Waals surface area contributed by atoms with Crippen LogP contribution in [0.3, 0.4) is 0 Å². The maximum absolute atomic E-state index is 12.4. The molecule has 0 radical (unpaired) electrons. The Kier molecular flexibility index (Phi) is 5.78. The molecule has 0 bridgehead atoms. The van der Waals surface area contributed by atoms with E-state index in [0.29, 0.717) is 41.3 Å². The predicted molar refractivity (Wildman–Crippen MR) is 103 cm³/mol. The number of hydrazine groups is 1. The van der Waals surface area contributed by atoms with Gasteiger partial charge < -0.3 is 14.4 Å². The van der Waals surface area contributed by atoms with Crippen LogP contribution in [-0.2, 0) is 4.79 Å². The quantitative estimate of drug-likeness (QED) is 0.769. The summed E-state index contributed by atoms with van der Waals surface area (Å²) in [7, 11) is 2.97. The second kappa shape index (κ2) is 8.43. The van der Waals surface area contributed by atoms with Crippen LogP contribution in [0.25, 0.3) is 0 Å². The van der Waals surface area contributed by atoms with Gasteiger partial charge in [-0.3, -0.25) is 25.2 Å². The van der Waals surface area contributed by atoms with Gasteiger partial charge >= 0.3 is 0 Å². The van der Waals surface area contributed by atoms with Gasteiger partial charge in [-0.15, -0.1) is 0 Å². The van der Waals surface area contributed by atoms with E-state index in [9.17, 15) is 14.4 Å². The number of methoxy groups -OCH3 is 2. The van der Waals surface area contributed by atoms with E-state index in [4.69, 9.17) is 9.47 Å². The summed E-state index contributed by atoms with van der Waals surface area (Å²) in [6.45, 7) is 0.639. The number of amides is 3. The first-order valence-corrected chi connectivity index (χ1v) is 8.76. The molecule has 0 spiro atoms. The molecular formula is C20H21N3O5. The number of rotatable bonds is 5. The Hall–Kier alpha value is -3.55. The highest BCUT2D eigenvalue weighted by molar-refractivity contribution is 6.01. The third kappa shape index (κ3) is 4.06. The number of nitrogens with zero attached hydrogens (tertiary/aromatic N) is 1. The standard InChI is InChI=1S/C20H21N3O5/c1-27-16-9-8-14(12-17(16)28-2)20(26)22-21-19(25)13-5-3-6-15(11-13)23-10-4-7-18(23)24/h3,5-6,8-9,11-12H,4,7,10H2,1-2H3,(H,21,25)(H,22,26). The molecular weight excluding hydrogens is 362 g/mol. The summed E-state index contributed by atoms with van der Waals surface area (Å²) in [5.74, 6) is -0.0392. The zero-order valence-corrected chi connectivity index (χ0v) is 15.7. The number of carbonyl (C=O) groups excluding carboxylic acids is 3. The lowest BCUT2D eigenvalue weighted by Gasteiger charge is -2.16. The Balaban J connectivity index is 1.65. The van der Waals surface area contributed by atoms with Gasteiger partial charge in [0.15, 0.2) is 11.5 Å². The second-order valence-electron chi connectivity index (χ2n) is 6.18. The molecule has 0 atom stereocenters. The molecule has 2 N–H and O–H groups in total. The van der Waals surface area contributed by atoms with Gasteiger partial charge in [0.1, 0.15) is 0 Å². The molecule has 0 aliphatic carbocycles. The van der Waals surface area contributed by atoms with Gasteiger partial charge in [-0.25, -0.2) is 0 Å². The van der Waals surface area contributed by atoms with E-state index in [2.05, 4.69) is 10.9 Å². The lowest BCUT2D eigenvalue weighted by Crippen LogP contribution is -2.41. The molecule has 0 saturated carbocycles. The van der Waals surface area contributed by atoms with Gasteiger partial charge in [0.05, 0.1) is 14.2 Å². The average Bonchev–Trinajstić information content (AvgIpc) is 3.17. The summed E-state index contributed by atoms with van der Waals surface area (Å²) in [6, 6.07) is 11.4. The fraction of sp³-hybridized carbons (Fsp3) is 0.250. The zero-order valence-electron chi connectivity index (χ0n) is 15.7. The molecule has 1 heterocycles. The summed E-state index contributed by atoms with van der Waals surface area (Å²) in [6.07, 6.45) is 1.31. The first-order valence-electron chi connectivity index (χ1n) is 8.76. The number of benzene rings is 2. The van der Waals surface area contributed by atoms with Crippen molar-refractivity contribution < 1.29 is 23.9 Å². The van der Waals surface area contributed by atoms with E-state index >= 15 is 0 Å². The average molecular weight is 383 g/mol. The minimum atomic E-state index is -0.500. The largest absolute Gasteiger partial charge is 0.493 e. The minimum Gasteiger partial charge on any atom is -0.493 e. The third-order valence-electron chi connectivity index (χ3n) is 4.43. The predicted octanol–water partition coefficient (Wildman–Crippen LogP) is 1.91. The highest BCUT2D eigenvalue weighted by Gasteiger charge is 2.22. The zero-order chi connectivity index (χ0) is 20.1. The fourth-order valence-electron chi connectivity index (χ4n) is 2.97. The van der Waals surface area contributed by atoms with E-state index in [0.717, 1.165) is 6.42 Å². The van der Waals surface area contributed by atoms with E-state index in [1.807, 2.05) is 0 Å². The smallest absolute Gasteiger partial charge is 0.269 e. The van der Waals surface area contributed by atoms with Crippen molar-refractivity contribution in [2.75, 3.05) is 25.7 Å². The number of anilines is 1. The Bertz CT molecular complexity index is 912. The van der Waals surface area contributed by atoms with Gasteiger partial charge in [0.2, 0.25) is 5.91 Å². The number of ether oxygens (including phenoxy) is 2. The molecule has 0 aromatic heterocycles. The molecule has 146 valence electrons. The lowest BCUT2D eigenvalue weighted by molar-refractivity contribution is -0.117. The van der Waals surface area contributed by atoms with Crippen molar-refractivity contribution in [3.8, 4) is 11.5 Å². The van der Waals surface area contributed by atoms with E-state index in [-0.39, 0.29) is 5.91 Å². The van der Waals surface area contributed by atoms with Crippen LogP contribution in [-0.4, -0.2) is 38.5 Å². The van der Waals surface area contributed by atoms with Gasteiger partial charge in [0, 0.05) is 29.8 Å². The lowest BCUT2D eigenvalue weighted by atomic mass is 10.1. The Labute approximate surface area is 162 Å². The normalized spacial score (nSPS) is 13.2. The maximum Gasteiger partial charge on any atom is 0.269 e. The monoisotopic (exact) mass is 383 g/mol. The van der Waals surface area contributed by atoms with Gasteiger partial charge in [-0.2, -0.15) is 0 Å². The Morgan fingerprint density at radius 3 is 2.21 bits per heavy atom. The second-order valence-corrected chi connectivity index (χ2v) is 6.18. The van der Waals surface area contributed by atoms with E-state index in [1.54, 1.807) is 41.3 Å². The van der Waals surface area contributed by atoms with Crippen molar-refractivity contribution in [2.24, 2.45) is 0 Å². The van der Waals surface area contributed by atoms with E-state index < -0.39 is 11.8 Å². The van der Waals surface area contributed by atoms with Gasteiger partial charge in [-0.05, 0) is 42.8 Å². The van der Waals surface area contributed by atoms with Gasteiger partial charge in [-0.1, -0.05) is 6.07 Å². The van der Waals surface area contributed by atoms with Crippen LogP contribution in [0.4, 0.5) is 5.69 Å². The van der Waals surface area contributed by atoms with Crippen molar-refractivity contribution in [1.82, 2.24) is 10.9 Å². The summed E-state index contributed by atoms with van der Waals surface area (Å²) in [4.78, 5) is 38.2. The maximum atomic E-state index is 12.4. The number of carbonyl (C=O) groups is 3. The molecule has 2 aromatic carbocycles. The van der Waals surface area contributed by atoms with Gasteiger partial charge in [0.25, 0.3) is 11.8 Å². The van der Waals surface area contributed by atoms with Crippen LogP contribution in [0.15, 0.2) is 42.5 Å². The third-order valence-corrected chi connectivity index (χ3v) is 4.43. The van der Waals surface area contributed by atoms with Crippen molar-refractivity contribution in [2.45, 2.75) is 12.8 Å². The van der Waals surface area contributed by atoms with Crippen LogP contribution < -0.4 is 25.2 Å². The Morgan fingerprint density at radius 1 is 0.929 bits per heavy atom.